The van der Waals surface area contributed by atoms with E-state index in [0.29, 0.717) is 25.8 Å². The molecule has 128 valence electrons. The van der Waals surface area contributed by atoms with Crippen LogP contribution in [0.2, 0.25) is 0 Å². The fourth-order valence-electron chi connectivity index (χ4n) is 2.22. The molecule has 0 saturated carbocycles. The minimum Gasteiger partial charge on any atom is -0.389 e. The van der Waals surface area contributed by atoms with E-state index < -0.39 is 6.10 Å². The van der Waals surface area contributed by atoms with Gasteiger partial charge in [-0.3, -0.25) is 0 Å². The third-order valence-electron chi connectivity index (χ3n) is 3.68. The van der Waals surface area contributed by atoms with E-state index in [1.165, 1.54) is 6.42 Å². The Morgan fingerprint density at radius 3 is 2.38 bits per heavy atom. The summed E-state index contributed by atoms with van der Waals surface area (Å²) in [7, 11) is 1.65. The highest BCUT2D eigenvalue weighted by Crippen LogP contribution is 2.00. The Hall–Kier alpha value is -0.200. The fourth-order valence-corrected chi connectivity index (χ4v) is 2.22. The van der Waals surface area contributed by atoms with Gasteiger partial charge in [-0.1, -0.05) is 13.8 Å². The number of rotatable bonds is 14. The minimum absolute atomic E-state index is 0.0242. The van der Waals surface area contributed by atoms with Crippen LogP contribution in [0.1, 0.15) is 40.5 Å². The average molecular weight is 304 g/mol. The highest BCUT2D eigenvalue weighted by atomic mass is 16.5. The molecule has 2 N–H and O–H groups in total. The molecule has 21 heavy (non-hydrogen) atoms. The van der Waals surface area contributed by atoms with E-state index >= 15 is 0 Å². The van der Waals surface area contributed by atoms with Gasteiger partial charge >= 0.3 is 0 Å². The molecule has 0 aromatic heterocycles. The molecule has 0 heterocycles. The first-order chi connectivity index (χ1) is 10.0. The van der Waals surface area contributed by atoms with Crippen LogP contribution in [0.4, 0.5) is 0 Å². The van der Waals surface area contributed by atoms with Crippen molar-refractivity contribution in [1.29, 1.82) is 0 Å². The number of aliphatic hydroxyl groups is 1. The maximum atomic E-state index is 9.87. The Bertz CT molecular complexity index is 226. The first kappa shape index (κ1) is 20.8. The predicted octanol–water partition coefficient (Wildman–Crippen LogP) is 1.50. The third kappa shape index (κ3) is 12.1. The van der Waals surface area contributed by atoms with Crippen LogP contribution in [0.5, 0.6) is 0 Å². The molecule has 0 bridgehead atoms. The van der Waals surface area contributed by atoms with Gasteiger partial charge < -0.3 is 24.8 Å². The quantitative estimate of drug-likeness (QED) is 0.509. The van der Waals surface area contributed by atoms with Crippen LogP contribution in [-0.4, -0.2) is 74.8 Å². The molecule has 0 aromatic carbocycles. The fraction of sp³-hybridized carbons (Fsp3) is 1.00. The molecule has 5 heteroatoms. The van der Waals surface area contributed by atoms with Crippen molar-refractivity contribution in [2.75, 3.05) is 46.5 Å². The summed E-state index contributed by atoms with van der Waals surface area (Å²) < 4.78 is 10.5. The Labute approximate surface area is 131 Å². The average Bonchev–Trinajstić information content (AvgIpc) is 2.47. The van der Waals surface area contributed by atoms with Crippen molar-refractivity contribution in [1.82, 2.24) is 10.2 Å². The zero-order valence-corrected chi connectivity index (χ0v) is 14.6. The van der Waals surface area contributed by atoms with Gasteiger partial charge in [0.25, 0.3) is 0 Å². The number of aliphatic hydroxyl groups excluding tert-OH is 1. The first-order valence-electron chi connectivity index (χ1n) is 8.27. The van der Waals surface area contributed by atoms with Gasteiger partial charge in [0, 0.05) is 19.7 Å². The second-order valence-corrected chi connectivity index (χ2v) is 5.73. The van der Waals surface area contributed by atoms with Gasteiger partial charge in [-0.25, -0.2) is 0 Å². The van der Waals surface area contributed by atoms with Gasteiger partial charge in [0.2, 0.25) is 0 Å². The summed E-state index contributed by atoms with van der Waals surface area (Å²) in [6, 6.07) is 0.423. The van der Waals surface area contributed by atoms with Crippen molar-refractivity contribution in [2.45, 2.75) is 58.8 Å². The second-order valence-electron chi connectivity index (χ2n) is 5.73. The SMILES string of the molecule is CCN(CC)CCCC(C)NCC(O)COC(C)COC. The Kier molecular flexibility index (Phi) is 13.3. The van der Waals surface area contributed by atoms with Crippen molar-refractivity contribution in [3.8, 4) is 0 Å². The highest BCUT2D eigenvalue weighted by molar-refractivity contribution is 4.67. The summed E-state index contributed by atoms with van der Waals surface area (Å²) in [6.45, 7) is 13.4. The predicted molar refractivity (Wildman–Crippen MR) is 87.8 cm³/mol. The van der Waals surface area contributed by atoms with Crippen LogP contribution >= 0.6 is 0 Å². The molecule has 0 amide bonds. The Morgan fingerprint density at radius 2 is 1.81 bits per heavy atom. The van der Waals surface area contributed by atoms with E-state index in [2.05, 4.69) is 31.0 Å². The topological polar surface area (TPSA) is 54.0 Å². The number of hydrogen-bond acceptors (Lipinski definition) is 5. The van der Waals surface area contributed by atoms with Gasteiger partial charge in [-0.2, -0.15) is 0 Å². The van der Waals surface area contributed by atoms with Gasteiger partial charge in [-0.15, -0.1) is 0 Å². The zero-order chi connectivity index (χ0) is 16.1. The van der Waals surface area contributed by atoms with E-state index in [1.807, 2.05) is 6.92 Å². The van der Waals surface area contributed by atoms with E-state index in [-0.39, 0.29) is 6.10 Å². The largest absolute Gasteiger partial charge is 0.389 e. The molecule has 0 spiro atoms. The number of ether oxygens (including phenoxy) is 2. The number of nitrogens with one attached hydrogen (secondary N) is 1. The lowest BCUT2D eigenvalue weighted by atomic mass is 10.1. The van der Waals surface area contributed by atoms with E-state index in [1.54, 1.807) is 7.11 Å². The van der Waals surface area contributed by atoms with Gasteiger partial charge in [-0.05, 0) is 46.3 Å². The van der Waals surface area contributed by atoms with Gasteiger partial charge in [0.1, 0.15) is 0 Å². The molecule has 0 radical (unpaired) electrons. The van der Waals surface area contributed by atoms with Gasteiger partial charge in [0.05, 0.1) is 25.4 Å². The summed E-state index contributed by atoms with van der Waals surface area (Å²) in [5.74, 6) is 0. The van der Waals surface area contributed by atoms with Crippen molar-refractivity contribution < 1.29 is 14.6 Å². The molecule has 0 aliphatic carbocycles. The van der Waals surface area contributed by atoms with Crippen LogP contribution in [0, 0.1) is 0 Å². The minimum atomic E-state index is -0.463. The summed E-state index contributed by atoms with van der Waals surface area (Å²) in [5.41, 5.74) is 0. The maximum absolute atomic E-state index is 9.87. The number of nitrogens with zero attached hydrogens (tertiary/aromatic N) is 1. The van der Waals surface area contributed by atoms with Crippen LogP contribution in [0.3, 0.4) is 0 Å². The van der Waals surface area contributed by atoms with Gasteiger partial charge in [0.15, 0.2) is 0 Å². The van der Waals surface area contributed by atoms with Crippen molar-refractivity contribution >= 4 is 0 Å². The van der Waals surface area contributed by atoms with Crippen molar-refractivity contribution in [3.63, 3.8) is 0 Å². The lowest BCUT2D eigenvalue weighted by Gasteiger charge is -2.21. The second kappa shape index (κ2) is 13.5. The summed E-state index contributed by atoms with van der Waals surface area (Å²) >= 11 is 0. The molecular formula is C16H36N2O3. The summed E-state index contributed by atoms with van der Waals surface area (Å²) in [5, 5.41) is 13.2. The molecule has 5 nitrogen and oxygen atoms in total. The summed E-state index contributed by atoms with van der Waals surface area (Å²) in [4.78, 5) is 2.44. The highest BCUT2D eigenvalue weighted by Gasteiger charge is 2.10. The van der Waals surface area contributed by atoms with Crippen molar-refractivity contribution in [2.24, 2.45) is 0 Å². The van der Waals surface area contributed by atoms with Crippen LogP contribution in [0.25, 0.3) is 0 Å². The van der Waals surface area contributed by atoms with Crippen LogP contribution < -0.4 is 5.32 Å². The third-order valence-corrected chi connectivity index (χ3v) is 3.68. The molecule has 0 aliphatic heterocycles. The monoisotopic (exact) mass is 304 g/mol. The molecule has 0 aliphatic rings. The molecule has 0 saturated heterocycles. The molecule has 0 rings (SSSR count). The Morgan fingerprint density at radius 1 is 1.14 bits per heavy atom. The normalized spacial score (nSPS) is 16.1. The standard InChI is InChI=1S/C16H36N2O3/c1-6-18(7-2)10-8-9-14(3)17-11-16(19)13-21-15(4)12-20-5/h14-17,19H,6-13H2,1-5H3. The Balaban J connectivity index is 3.60. The van der Waals surface area contributed by atoms with Crippen LogP contribution in [-0.2, 0) is 9.47 Å². The molecule has 3 unspecified atom stereocenters. The van der Waals surface area contributed by atoms with E-state index in [4.69, 9.17) is 9.47 Å². The van der Waals surface area contributed by atoms with Crippen molar-refractivity contribution in [3.05, 3.63) is 0 Å². The molecule has 0 aromatic rings. The van der Waals surface area contributed by atoms with E-state index in [9.17, 15) is 5.11 Å². The zero-order valence-electron chi connectivity index (χ0n) is 14.6. The number of methoxy groups -OCH3 is 1. The smallest absolute Gasteiger partial charge is 0.0897 e. The van der Waals surface area contributed by atoms with E-state index in [0.717, 1.165) is 26.1 Å². The lowest BCUT2D eigenvalue weighted by Crippen LogP contribution is -2.37. The lowest BCUT2D eigenvalue weighted by molar-refractivity contribution is -0.0315. The number of hydrogen-bond donors (Lipinski definition) is 2. The maximum Gasteiger partial charge on any atom is 0.0897 e. The molecule has 3 atom stereocenters. The molecular weight excluding hydrogens is 268 g/mol. The van der Waals surface area contributed by atoms with Crippen LogP contribution in [0.15, 0.2) is 0 Å². The molecule has 0 fully saturated rings. The summed E-state index contributed by atoms with van der Waals surface area (Å²) in [6.07, 6.45) is 1.88. The first-order valence-corrected chi connectivity index (χ1v) is 8.27.